The highest BCUT2D eigenvalue weighted by Crippen LogP contribution is 2.40. The highest BCUT2D eigenvalue weighted by Gasteiger charge is 2.23. The lowest BCUT2D eigenvalue weighted by Gasteiger charge is -2.11. The molecule has 0 saturated carbocycles. The first-order valence-corrected chi connectivity index (χ1v) is 15.5. The van der Waals surface area contributed by atoms with Crippen LogP contribution in [0.2, 0.25) is 10.0 Å². The van der Waals surface area contributed by atoms with Gasteiger partial charge in [0.25, 0.3) is 5.91 Å². The number of benzene rings is 4. The fourth-order valence-corrected chi connectivity index (χ4v) is 6.93. The number of hydrazone groups is 1. The zero-order chi connectivity index (χ0) is 30.2. The van der Waals surface area contributed by atoms with Gasteiger partial charge in [0.15, 0.2) is 17.2 Å². The quantitative estimate of drug-likeness (QED) is 0.0772. The monoisotopic (exact) mass is 805 g/mol. The molecule has 2 heterocycles. The Morgan fingerprint density at radius 3 is 2.51 bits per heavy atom. The third kappa shape index (κ3) is 6.05. The number of hydrogen-bond donors (Lipinski definition) is 2. The zero-order valence-electron chi connectivity index (χ0n) is 21.5. The van der Waals surface area contributed by atoms with E-state index in [0.29, 0.717) is 58.1 Å². The molecular formula is C30H16Br3Cl2N3O5. The molecule has 0 atom stereocenters. The number of carbonyl (C=O) groups excluding carboxylic acids is 2. The van der Waals surface area contributed by atoms with Crippen molar-refractivity contribution in [3.05, 3.63) is 107 Å². The van der Waals surface area contributed by atoms with Gasteiger partial charge in [-0.3, -0.25) is 4.79 Å². The predicted octanol–water partition coefficient (Wildman–Crippen LogP) is 9.14. The summed E-state index contributed by atoms with van der Waals surface area (Å²) in [5, 5.41) is 5.76. The van der Waals surface area contributed by atoms with E-state index in [1.807, 2.05) is 18.2 Å². The SMILES string of the molecule is O=C(Oc1c(Br)cc(Br)cc1C=NNC(=O)c1[nH]c2c(Cl)cc(Br)cc2c1-c1ccccc1Cl)c1ccc2c(c1)OCO2. The molecule has 216 valence electrons. The number of esters is 1. The van der Waals surface area contributed by atoms with E-state index in [0.717, 1.165) is 4.47 Å². The molecule has 0 radical (unpaired) electrons. The van der Waals surface area contributed by atoms with Crippen molar-refractivity contribution in [2.24, 2.45) is 5.10 Å². The average Bonchev–Trinajstić information content (AvgIpc) is 3.59. The Morgan fingerprint density at radius 1 is 0.930 bits per heavy atom. The van der Waals surface area contributed by atoms with Gasteiger partial charge in [0, 0.05) is 36.0 Å². The van der Waals surface area contributed by atoms with Crippen molar-refractivity contribution in [1.29, 1.82) is 0 Å². The van der Waals surface area contributed by atoms with Gasteiger partial charge < -0.3 is 19.2 Å². The van der Waals surface area contributed by atoms with Crippen LogP contribution in [0.15, 0.2) is 85.2 Å². The van der Waals surface area contributed by atoms with Gasteiger partial charge >= 0.3 is 5.97 Å². The van der Waals surface area contributed by atoms with Gasteiger partial charge in [-0.25, -0.2) is 10.2 Å². The van der Waals surface area contributed by atoms with Gasteiger partial charge in [-0.15, -0.1) is 0 Å². The number of rotatable bonds is 6. The summed E-state index contributed by atoms with van der Waals surface area (Å²) in [6.07, 6.45) is 1.37. The Morgan fingerprint density at radius 2 is 1.70 bits per heavy atom. The summed E-state index contributed by atoms with van der Waals surface area (Å²) >= 11 is 23.4. The van der Waals surface area contributed by atoms with Gasteiger partial charge in [-0.05, 0) is 64.5 Å². The van der Waals surface area contributed by atoms with Crippen LogP contribution in [0.4, 0.5) is 0 Å². The maximum atomic E-state index is 13.5. The average molecular weight is 809 g/mol. The molecule has 0 saturated heterocycles. The van der Waals surface area contributed by atoms with E-state index < -0.39 is 11.9 Å². The molecule has 0 aliphatic carbocycles. The van der Waals surface area contributed by atoms with Gasteiger partial charge in [0.05, 0.1) is 26.8 Å². The number of H-pyrrole nitrogens is 1. The molecule has 0 spiro atoms. The highest BCUT2D eigenvalue weighted by atomic mass is 79.9. The number of ether oxygens (including phenoxy) is 3. The molecule has 0 fully saturated rings. The normalized spacial score (nSPS) is 12.2. The van der Waals surface area contributed by atoms with Crippen LogP contribution in [0.3, 0.4) is 0 Å². The summed E-state index contributed by atoms with van der Waals surface area (Å²) in [4.78, 5) is 29.6. The Labute approximate surface area is 279 Å². The summed E-state index contributed by atoms with van der Waals surface area (Å²) in [6.45, 7) is 0.0847. The summed E-state index contributed by atoms with van der Waals surface area (Å²) < 4.78 is 18.3. The molecule has 6 rings (SSSR count). The lowest BCUT2D eigenvalue weighted by molar-refractivity contribution is 0.0732. The molecule has 2 N–H and O–H groups in total. The fraction of sp³-hybridized carbons (Fsp3) is 0.0333. The van der Waals surface area contributed by atoms with E-state index in [4.69, 9.17) is 37.4 Å². The molecule has 0 bridgehead atoms. The minimum atomic E-state index is -0.620. The first-order valence-electron chi connectivity index (χ1n) is 12.4. The number of amides is 1. The second kappa shape index (κ2) is 12.3. The number of aromatic nitrogens is 1. The molecule has 0 unspecified atom stereocenters. The minimum absolute atomic E-state index is 0.0847. The van der Waals surface area contributed by atoms with Crippen LogP contribution in [0.25, 0.3) is 22.0 Å². The van der Waals surface area contributed by atoms with Gasteiger partial charge in [0.1, 0.15) is 5.69 Å². The summed E-state index contributed by atoms with van der Waals surface area (Å²) in [6, 6.07) is 19.0. The van der Waals surface area contributed by atoms with Crippen LogP contribution < -0.4 is 19.6 Å². The van der Waals surface area contributed by atoms with Crippen molar-refractivity contribution in [1.82, 2.24) is 10.4 Å². The maximum absolute atomic E-state index is 13.5. The third-order valence-electron chi connectivity index (χ3n) is 6.40. The van der Waals surface area contributed by atoms with Crippen LogP contribution in [0, 0.1) is 0 Å². The van der Waals surface area contributed by atoms with E-state index >= 15 is 0 Å². The van der Waals surface area contributed by atoms with E-state index in [2.05, 4.69) is 63.3 Å². The van der Waals surface area contributed by atoms with Gasteiger partial charge in [-0.1, -0.05) is 73.3 Å². The second-order valence-corrected chi connectivity index (χ2v) is 12.6. The molecule has 5 aromatic rings. The van der Waals surface area contributed by atoms with E-state index in [1.54, 1.807) is 48.5 Å². The van der Waals surface area contributed by atoms with Crippen LogP contribution in [0.5, 0.6) is 17.2 Å². The fourth-order valence-electron chi connectivity index (χ4n) is 4.51. The largest absolute Gasteiger partial charge is 0.454 e. The number of nitrogens with zero attached hydrogens (tertiary/aromatic N) is 1. The summed E-state index contributed by atoms with van der Waals surface area (Å²) in [5.41, 5.74) is 5.23. The van der Waals surface area contributed by atoms with Crippen LogP contribution >= 0.6 is 71.0 Å². The van der Waals surface area contributed by atoms with Crippen molar-refractivity contribution in [2.45, 2.75) is 0 Å². The number of fused-ring (bicyclic) bond motifs is 2. The number of hydrogen-bond acceptors (Lipinski definition) is 6. The molecule has 1 aromatic heterocycles. The minimum Gasteiger partial charge on any atom is -0.454 e. The topological polar surface area (TPSA) is 102 Å². The van der Waals surface area contributed by atoms with E-state index in [1.165, 1.54) is 6.21 Å². The molecular weight excluding hydrogens is 793 g/mol. The van der Waals surface area contributed by atoms with Crippen LogP contribution in [-0.2, 0) is 0 Å². The van der Waals surface area contributed by atoms with Crippen molar-refractivity contribution < 1.29 is 23.8 Å². The Kier molecular flexibility index (Phi) is 8.52. The lowest BCUT2D eigenvalue weighted by Crippen LogP contribution is -2.19. The molecule has 43 heavy (non-hydrogen) atoms. The van der Waals surface area contributed by atoms with Gasteiger partial charge in [0.2, 0.25) is 6.79 Å². The number of halogens is 5. The summed E-state index contributed by atoms with van der Waals surface area (Å²) in [7, 11) is 0. The van der Waals surface area contributed by atoms with E-state index in [9.17, 15) is 9.59 Å². The standard InChI is InChI=1S/C30H16Br3Cl2N3O5/c31-16-7-15(28(20(33)10-16)43-30(40)14-5-6-23-24(8-14)42-13-41-23)12-36-38-29(39)27-25(18-3-1-2-4-21(18)34)19-9-17(32)11-22(35)26(19)37-27/h1-12,37H,13H2,(H,38,39). The Bertz CT molecular complexity index is 1980. The number of carbonyl (C=O) groups is 2. The van der Waals surface area contributed by atoms with Crippen molar-refractivity contribution in [2.75, 3.05) is 6.79 Å². The van der Waals surface area contributed by atoms with Gasteiger partial charge in [-0.2, -0.15) is 5.10 Å². The number of nitrogens with one attached hydrogen (secondary N) is 2. The molecule has 1 aliphatic heterocycles. The third-order valence-corrected chi connectivity index (χ3v) is 8.54. The highest BCUT2D eigenvalue weighted by molar-refractivity contribution is 9.11. The first kappa shape index (κ1) is 29.7. The van der Waals surface area contributed by atoms with Crippen molar-refractivity contribution in [3.63, 3.8) is 0 Å². The smallest absolute Gasteiger partial charge is 0.343 e. The predicted molar refractivity (Wildman–Crippen MR) is 176 cm³/mol. The van der Waals surface area contributed by atoms with Crippen LogP contribution in [-0.4, -0.2) is 29.9 Å². The zero-order valence-corrected chi connectivity index (χ0v) is 27.8. The molecule has 13 heteroatoms. The molecule has 8 nitrogen and oxygen atoms in total. The number of aromatic amines is 1. The van der Waals surface area contributed by atoms with E-state index in [-0.39, 0.29) is 23.8 Å². The lowest BCUT2D eigenvalue weighted by atomic mass is 10.0. The molecule has 1 amide bonds. The van der Waals surface area contributed by atoms with Crippen molar-refractivity contribution >= 4 is 100.0 Å². The maximum Gasteiger partial charge on any atom is 0.343 e. The first-order chi connectivity index (χ1) is 20.7. The molecule has 1 aliphatic rings. The second-order valence-electron chi connectivity index (χ2n) is 9.13. The Hall–Kier alpha value is -3.35. The molecule has 4 aromatic carbocycles. The summed E-state index contributed by atoms with van der Waals surface area (Å²) in [5.74, 6) is 0.0407. The van der Waals surface area contributed by atoms with Crippen LogP contribution in [0.1, 0.15) is 26.4 Å². The Balaban J connectivity index is 1.30. The van der Waals surface area contributed by atoms with Crippen molar-refractivity contribution in [3.8, 4) is 28.4 Å².